The quantitative estimate of drug-likeness (QED) is 0.434. The van der Waals surface area contributed by atoms with Gasteiger partial charge in [0, 0.05) is 37.7 Å². The molecule has 5 rings (SSSR count). The number of imidazole rings is 1. The molecule has 1 unspecified atom stereocenters. The standard InChI is InChI=1S/C26H33N9O3/c1-5-35-17(2)20-13-18(22(37-4)14-28-20)21-15-34-11-10-27-24(34)25(31-21)38-12-8-6-7-9-19(32-26(35)36)23-29-16-30-33(23)3/h10-11,13-17,19H,5-9,12H2,1-4H3,(H,32,36)/t17-,19?/m1/s1. The highest BCUT2D eigenvalue weighted by Crippen LogP contribution is 2.33. The van der Waals surface area contributed by atoms with Crippen LogP contribution in [0.15, 0.2) is 37.2 Å². The molecule has 5 heterocycles. The van der Waals surface area contributed by atoms with Gasteiger partial charge >= 0.3 is 6.03 Å². The highest BCUT2D eigenvalue weighted by molar-refractivity contribution is 5.75. The smallest absolute Gasteiger partial charge is 0.318 e. The Morgan fingerprint density at radius 1 is 1.21 bits per heavy atom. The first-order valence-electron chi connectivity index (χ1n) is 12.9. The average molecular weight is 520 g/mol. The first kappa shape index (κ1) is 25.4. The molecule has 2 amide bonds. The number of rotatable bonds is 3. The molecule has 38 heavy (non-hydrogen) atoms. The minimum absolute atomic E-state index is 0.180. The van der Waals surface area contributed by atoms with Crippen molar-refractivity contribution in [3.63, 3.8) is 0 Å². The van der Waals surface area contributed by atoms with Crippen molar-refractivity contribution in [1.82, 2.24) is 44.3 Å². The van der Waals surface area contributed by atoms with E-state index in [1.54, 1.807) is 29.1 Å². The summed E-state index contributed by atoms with van der Waals surface area (Å²) >= 11 is 0. The summed E-state index contributed by atoms with van der Waals surface area (Å²) in [6.07, 6.45) is 12.0. The van der Waals surface area contributed by atoms with Crippen LogP contribution in [0.5, 0.6) is 11.6 Å². The third-order valence-corrected chi connectivity index (χ3v) is 6.96. The minimum Gasteiger partial charge on any atom is -0.494 e. The van der Waals surface area contributed by atoms with Crippen molar-refractivity contribution in [3.8, 4) is 22.9 Å². The van der Waals surface area contributed by atoms with E-state index < -0.39 is 0 Å². The Morgan fingerprint density at radius 3 is 2.84 bits per heavy atom. The summed E-state index contributed by atoms with van der Waals surface area (Å²) in [4.78, 5) is 33.6. The van der Waals surface area contributed by atoms with Crippen molar-refractivity contribution in [1.29, 1.82) is 0 Å². The predicted molar refractivity (Wildman–Crippen MR) is 140 cm³/mol. The summed E-state index contributed by atoms with van der Waals surface area (Å²) in [5.41, 5.74) is 2.79. The van der Waals surface area contributed by atoms with Crippen molar-refractivity contribution in [2.75, 3.05) is 20.3 Å². The van der Waals surface area contributed by atoms with Gasteiger partial charge < -0.3 is 24.1 Å². The zero-order valence-corrected chi connectivity index (χ0v) is 22.2. The Labute approximate surface area is 221 Å². The molecule has 4 bridgehead atoms. The summed E-state index contributed by atoms with van der Waals surface area (Å²) in [7, 11) is 3.44. The molecule has 0 aliphatic carbocycles. The van der Waals surface area contributed by atoms with Crippen LogP contribution >= 0.6 is 0 Å². The zero-order valence-electron chi connectivity index (χ0n) is 22.2. The Morgan fingerprint density at radius 2 is 2.08 bits per heavy atom. The highest BCUT2D eigenvalue weighted by Gasteiger charge is 2.27. The van der Waals surface area contributed by atoms with Gasteiger partial charge in [-0.15, -0.1) is 0 Å². The maximum Gasteiger partial charge on any atom is 0.318 e. The van der Waals surface area contributed by atoms with E-state index in [0.29, 0.717) is 41.8 Å². The molecule has 0 fully saturated rings. The van der Waals surface area contributed by atoms with Gasteiger partial charge in [-0.25, -0.2) is 19.7 Å². The van der Waals surface area contributed by atoms with Crippen molar-refractivity contribution in [3.05, 3.63) is 48.7 Å². The van der Waals surface area contributed by atoms with Gasteiger partial charge in [0.05, 0.1) is 43.4 Å². The second-order valence-electron chi connectivity index (χ2n) is 9.30. The number of aryl methyl sites for hydroxylation is 1. The summed E-state index contributed by atoms with van der Waals surface area (Å²) in [6.45, 7) is 4.92. The molecule has 12 nitrogen and oxygen atoms in total. The molecule has 200 valence electrons. The number of carbonyl (C=O) groups excluding carboxylic acids is 1. The van der Waals surface area contributed by atoms with Gasteiger partial charge in [0.15, 0.2) is 0 Å². The van der Waals surface area contributed by atoms with E-state index >= 15 is 0 Å². The van der Waals surface area contributed by atoms with E-state index in [9.17, 15) is 4.79 Å². The molecule has 0 radical (unpaired) electrons. The Bertz CT molecular complexity index is 1420. The van der Waals surface area contributed by atoms with Crippen LogP contribution in [0.25, 0.3) is 16.9 Å². The maximum atomic E-state index is 13.6. The average Bonchev–Trinajstić information content (AvgIpc) is 3.58. The van der Waals surface area contributed by atoms with Crippen LogP contribution in [0.2, 0.25) is 0 Å². The van der Waals surface area contributed by atoms with E-state index in [1.165, 1.54) is 6.33 Å². The molecule has 0 saturated heterocycles. The molecule has 4 aromatic rings. The first-order valence-corrected chi connectivity index (χ1v) is 12.9. The fourth-order valence-corrected chi connectivity index (χ4v) is 4.85. The lowest BCUT2D eigenvalue weighted by molar-refractivity contribution is 0.176. The van der Waals surface area contributed by atoms with E-state index in [2.05, 4.69) is 25.4 Å². The Balaban J connectivity index is 1.57. The van der Waals surface area contributed by atoms with Crippen LogP contribution < -0.4 is 14.8 Å². The number of nitrogens with one attached hydrogen (secondary N) is 1. The number of hydrogen-bond acceptors (Lipinski definition) is 8. The lowest BCUT2D eigenvalue weighted by atomic mass is 10.1. The number of pyridine rings is 1. The van der Waals surface area contributed by atoms with Gasteiger partial charge in [0.2, 0.25) is 5.65 Å². The number of amides is 2. The molecule has 1 aliphatic rings. The van der Waals surface area contributed by atoms with Crippen LogP contribution in [0.4, 0.5) is 4.79 Å². The van der Waals surface area contributed by atoms with Gasteiger partial charge in [0.25, 0.3) is 5.88 Å². The SMILES string of the molecule is CCN1C(=O)NC(c2ncnn2C)CCCCCOc2nc(cn3ccnc23)-c2cc(ncc2OC)[C@H]1C. The Kier molecular flexibility index (Phi) is 7.38. The maximum absolute atomic E-state index is 13.6. The summed E-state index contributed by atoms with van der Waals surface area (Å²) < 4.78 is 15.4. The number of carbonyl (C=O) groups is 1. The fourth-order valence-electron chi connectivity index (χ4n) is 4.85. The number of ether oxygens (including phenoxy) is 2. The lowest BCUT2D eigenvalue weighted by Gasteiger charge is -2.30. The van der Waals surface area contributed by atoms with Crippen LogP contribution in [-0.2, 0) is 7.05 Å². The minimum atomic E-state index is -0.312. The topological polar surface area (TPSA) is 125 Å². The molecular weight excluding hydrogens is 486 g/mol. The molecule has 2 atom stereocenters. The summed E-state index contributed by atoms with van der Waals surface area (Å²) in [5.74, 6) is 1.77. The molecule has 0 spiro atoms. The van der Waals surface area contributed by atoms with Gasteiger partial charge in [-0.2, -0.15) is 5.10 Å². The van der Waals surface area contributed by atoms with E-state index in [4.69, 9.17) is 14.5 Å². The summed E-state index contributed by atoms with van der Waals surface area (Å²) in [5, 5.41) is 7.41. The van der Waals surface area contributed by atoms with Gasteiger partial charge in [-0.1, -0.05) is 6.42 Å². The number of urea groups is 1. The van der Waals surface area contributed by atoms with Gasteiger partial charge in [-0.3, -0.25) is 9.67 Å². The lowest BCUT2D eigenvalue weighted by Crippen LogP contribution is -2.43. The molecule has 0 aromatic carbocycles. The zero-order chi connectivity index (χ0) is 26.6. The molecule has 4 aromatic heterocycles. The van der Waals surface area contributed by atoms with Crippen molar-refractivity contribution >= 4 is 11.7 Å². The number of fused-ring (bicyclic) bond motifs is 7. The third kappa shape index (κ3) is 4.98. The van der Waals surface area contributed by atoms with E-state index in [1.807, 2.05) is 43.8 Å². The number of nitrogens with zero attached hydrogens (tertiary/aromatic N) is 8. The number of methoxy groups -OCH3 is 1. The van der Waals surface area contributed by atoms with Crippen LogP contribution in [-0.4, -0.2) is 65.3 Å². The molecule has 1 aliphatic heterocycles. The second-order valence-corrected chi connectivity index (χ2v) is 9.30. The third-order valence-electron chi connectivity index (χ3n) is 6.96. The molecule has 0 saturated carbocycles. The van der Waals surface area contributed by atoms with Crippen molar-refractivity contribution in [2.45, 2.75) is 51.6 Å². The molecule has 12 heteroatoms. The predicted octanol–water partition coefficient (Wildman–Crippen LogP) is 3.72. The van der Waals surface area contributed by atoms with E-state index in [-0.39, 0.29) is 18.1 Å². The van der Waals surface area contributed by atoms with E-state index in [0.717, 1.165) is 37.1 Å². The largest absolute Gasteiger partial charge is 0.494 e. The van der Waals surface area contributed by atoms with Crippen LogP contribution in [0, 0.1) is 0 Å². The highest BCUT2D eigenvalue weighted by atomic mass is 16.5. The van der Waals surface area contributed by atoms with Crippen LogP contribution in [0.3, 0.4) is 0 Å². The normalized spacial score (nSPS) is 19.1. The Hall–Kier alpha value is -4.22. The fraction of sp³-hybridized carbons (Fsp3) is 0.462. The second kappa shape index (κ2) is 11.0. The molecule has 1 N–H and O–H groups in total. The number of aromatic nitrogens is 7. The monoisotopic (exact) mass is 519 g/mol. The van der Waals surface area contributed by atoms with Crippen LogP contribution in [0.1, 0.15) is 63.1 Å². The van der Waals surface area contributed by atoms with Crippen molar-refractivity contribution in [2.24, 2.45) is 7.05 Å². The summed E-state index contributed by atoms with van der Waals surface area (Å²) in [6, 6.07) is 1.16. The molecular formula is C26H33N9O3. The van der Waals surface area contributed by atoms with Gasteiger partial charge in [-0.05, 0) is 39.2 Å². The van der Waals surface area contributed by atoms with Crippen molar-refractivity contribution < 1.29 is 14.3 Å². The van der Waals surface area contributed by atoms with Gasteiger partial charge in [0.1, 0.15) is 17.9 Å². The number of hydrogen-bond donors (Lipinski definition) is 1. The first-order chi connectivity index (χ1) is 18.5.